The maximum atomic E-state index is 12.1. The number of aryl methyl sites for hydroxylation is 2. The molecular weight excluding hydrogens is 386 g/mol. The Labute approximate surface area is 165 Å². The van der Waals surface area contributed by atoms with Crippen LogP contribution in [0.3, 0.4) is 0 Å². The van der Waals surface area contributed by atoms with Crippen molar-refractivity contribution in [2.75, 3.05) is 17.6 Å². The maximum Gasteiger partial charge on any atom is 0.243 e. The number of hydrogen-bond acceptors (Lipinski definition) is 5. The van der Waals surface area contributed by atoms with Crippen LogP contribution in [0.1, 0.15) is 11.1 Å². The van der Waals surface area contributed by atoms with Crippen LogP contribution < -0.4 is 10.6 Å². The third kappa shape index (κ3) is 4.99. The van der Waals surface area contributed by atoms with Gasteiger partial charge >= 0.3 is 0 Å². The quantitative estimate of drug-likeness (QED) is 0.549. The fraction of sp³-hybridized carbons (Fsp3) is 0.222. The minimum absolute atomic E-state index is 0.0928. The zero-order valence-electron chi connectivity index (χ0n) is 14.8. The number of benzene rings is 1. The Balaban J connectivity index is 1.48. The Bertz CT molecular complexity index is 984. The fourth-order valence-corrected chi connectivity index (χ4v) is 3.34. The highest BCUT2D eigenvalue weighted by atomic mass is 35.5. The number of imidazole rings is 1. The van der Waals surface area contributed by atoms with Crippen LogP contribution in [0.15, 0.2) is 35.6 Å². The summed E-state index contributed by atoms with van der Waals surface area (Å²) in [5, 5.41) is 6.51. The molecule has 3 aromatic rings. The number of halogens is 1. The number of nitrogens with zero attached hydrogens (tertiary/aromatic N) is 2. The highest BCUT2D eigenvalue weighted by molar-refractivity contribution is 7.99. The zero-order valence-corrected chi connectivity index (χ0v) is 16.4. The second-order valence-corrected chi connectivity index (χ2v) is 7.35. The van der Waals surface area contributed by atoms with Crippen LogP contribution in [0.4, 0.5) is 5.69 Å². The predicted octanol–water partition coefficient (Wildman–Crippen LogP) is 3.08. The van der Waals surface area contributed by atoms with Crippen LogP contribution in [-0.2, 0) is 9.59 Å². The summed E-state index contributed by atoms with van der Waals surface area (Å²) in [6.45, 7) is 3.75. The first-order chi connectivity index (χ1) is 12.9. The number of carbonyl (C=O) groups excluding carboxylic acids is 2. The van der Waals surface area contributed by atoms with E-state index < -0.39 is 0 Å². The number of rotatable bonds is 6. The summed E-state index contributed by atoms with van der Waals surface area (Å²) in [6.07, 6.45) is 1.51. The van der Waals surface area contributed by atoms with Crippen LogP contribution in [-0.4, -0.2) is 39.1 Å². The number of aromatic amines is 1. The number of hydrogen-bond donors (Lipinski definition) is 3. The van der Waals surface area contributed by atoms with Gasteiger partial charge in [-0.2, -0.15) is 0 Å². The molecule has 2 heterocycles. The Kier molecular flexibility index (Phi) is 5.98. The number of para-hydroxylation sites is 1. The molecule has 3 rings (SSSR count). The van der Waals surface area contributed by atoms with Gasteiger partial charge in [-0.15, -0.1) is 0 Å². The fourth-order valence-electron chi connectivity index (χ4n) is 2.48. The lowest BCUT2D eigenvalue weighted by Crippen LogP contribution is -2.34. The molecule has 2 aromatic heterocycles. The number of fused-ring (bicyclic) bond motifs is 1. The van der Waals surface area contributed by atoms with Crippen molar-refractivity contribution in [1.29, 1.82) is 0 Å². The Morgan fingerprint density at radius 3 is 2.70 bits per heavy atom. The molecule has 0 aliphatic rings. The van der Waals surface area contributed by atoms with Crippen molar-refractivity contribution in [3.05, 3.63) is 46.6 Å². The molecule has 2 amide bonds. The van der Waals surface area contributed by atoms with Crippen molar-refractivity contribution in [2.24, 2.45) is 0 Å². The van der Waals surface area contributed by atoms with Gasteiger partial charge in [0.25, 0.3) is 0 Å². The van der Waals surface area contributed by atoms with Crippen molar-refractivity contribution in [2.45, 2.75) is 19.0 Å². The van der Waals surface area contributed by atoms with Crippen molar-refractivity contribution < 1.29 is 9.59 Å². The van der Waals surface area contributed by atoms with Crippen LogP contribution in [0.25, 0.3) is 11.2 Å². The number of H-pyrrole nitrogens is 1. The molecule has 0 bridgehead atoms. The monoisotopic (exact) mass is 403 g/mol. The Hall–Kier alpha value is -2.58. The van der Waals surface area contributed by atoms with Gasteiger partial charge in [0.05, 0.1) is 22.8 Å². The van der Waals surface area contributed by atoms with Crippen LogP contribution in [0.5, 0.6) is 0 Å². The summed E-state index contributed by atoms with van der Waals surface area (Å²) < 4.78 is 0. The summed E-state index contributed by atoms with van der Waals surface area (Å²) in [4.78, 5) is 35.5. The summed E-state index contributed by atoms with van der Waals surface area (Å²) in [6, 6.07) is 7.50. The van der Waals surface area contributed by atoms with Gasteiger partial charge in [0.1, 0.15) is 0 Å². The second-order valence-electron chi connectivity index (χ2n) is 5.95. The van der Waals surface area contributed by atoms with Gasteiger partial charge < -0.3 is 15.6 Å². The Morgan fingerprint density at radius 2 is 1.96 bits per heavy atom. The average Bonchev–Trinajstić information content (AvgIpc) is 3.03. The molecule has 0 aliphatic carbocycles. The van der Waals surface area contributed by atoms with E-state index in [1.54, 1.807) is 6.07 Å². The number of amides is 2. The van der Waals surface area contributed by atoms with Crippen molar-refractivity contribution >= 4 is 52.0 Å². The van der Waals surface area contributed by atoms with Crippen LogP contribution in [0, 0.1) is 13.8 Å². The minimum atomic E-state index is -0.270. The first kappa shape index (κ1) is 19.2. The van der Waals surface area contributed by atoms with Crippen LogP contribution >= 0.6 is 23.4 Å². The number of nitrogens with one attached hydrogen (secondary N) is 3. The molecular formula is C18H18ClN5O2S. The molecule has 0 radical (unpaired) electrons. The maximum absolute atomic E-state index is 12.1. The molecule has 0 spiro atoms. The van der Waals surface area contributed by atoms with Crippen LogP contribution in [0.2, 0.25) is 5.02 Å². The topological polar surface area (TPSA) is 99.8 Å². The highest BCUT2D eigenvalue weighted by Crippen LogP contribution is 2.20. The van der Waals surface area contributed by atoms with E-state index in [4.69, 9.17) is 11.6 Å². The SMILES string of the molecule is Cc1cccc(C)c1NC(=O)CNC(=O)CSc1nc2ncc(Cl)cc2[nH]1. The molecule has 7 nitrogen and oxygen atoms in total. The molecule has 0 fully saturated rings. The van der Waals surface area contributed by atoms with E-state index in [9.17, 15) is 9.59 Å². The standard InChI is InChI=1S/C18H18ClN5O2S/c1-10-4-3-5-11(2)16(10)23-14(25)8-20-15(26)9-27-18-22-13-6-12(19)7-21-17(13)24-18/h3-7H,8-9H2,1-2H3,(H,20,26)(H,23,25)(H,21,22,24). The second kappa shape index (κ2) is 8.41. The van der Waals surface area contributed by atoms with E-state index in [0.717, 1.165) is 16.8 Å². The average molecular weight is 404 g/mol. The van der Waals surface area contributed by atoms with Gasteiger partial charge in [0, 0.05) is 11.9 Å². The summed E-state index contributed by atoms with van der Waals surface area (Å²) in [7, 11) is 0. The number of pyridine rings is 1. The van der Waals surface area contributed by atoms with E-state index in [1.807, 2.05) is 32.0 Å². The van der Waals surface area contributed by atoms with Crippen molar-refractivity contribution in [3.63, 3.8) is 0 Å². The molecule has 0 atom stereocenters. The summed E-state index contributed by atoms with van der Waals surface area (Å²) in [5.74, 6) is -0.402. The van der Waals surface area contributed by atoms with Gasteiger partial charge in [-0.3, -0.25) is 9.59 Å². The lowest BCUT2D eigenvalue weighted by atomic mass is 10.1. The number of anilines is 1. The molecule has 140 valence electrons. The lowest BCUT2D eigenvalue weighted by molar-refractivity contribution is -0.122. The minimum Gasteiger partial charge on any atom is -0.346 e. The van der Waals surface area contributed by atoms with Gasteiger partial charge in [0.2, 0.25) is 11.8 Å². The molecule has 0 saturated carbocycles. The van der Waals surface area contributed by atoms with Gasteiger partial charge in [-0.05, 0) is 31.0 Å². The van der Waals surface area contributed by atoms with Crippen molar-refractivity contribution in [1.82, 2.24) is 20.3 Å². The zero-order chi connectivity index (χ0) is 19.4. The molecule has 0 saturated heterocycles. The summed E-state index contributed by atoms with van der Waals surface area (Å²) in [5.41, 5.74) is 3.97. The largest absolute Gasteiger partial charge is 0.346 e. The van der Waals surface area contributed by atoms with Gasteiger partial charge in [-0.1, -0.05) is 41.6 Å². The molecule has 0 unspecified atom stereocenters. The molecule has 1 aromatic carbocycles. The molecule has 0 aliphatic heterocycles. The first-order valence-corrected chi connectivity index (χ1v) is 9.55. The lowest BCUT2D eigenvalue weighted by Gasteiger charge is -2.11. The normalized spacial score (nSPS) is 10.8. The molecule has 3 N–H and O–H groups in total. The smallest absolute Gasteiger partial charge is 0.243 e. The molecule has 27 heavy (non-hydrogen) atoms. The molecule has 9 heteroatoms. The number of carbonyl (C=O) groups is 2. The van der Waals surface area contributed by atoms with Gasteiger partial charge in [-0.25, -0.2) is 9.97 Å². The van der Waals surface area contributed by atoms with E-state index in [0.29, 0.717) is 21.3 Å². The highest BCUT2D eigenvalue weighted by Gasteiger charge is 2.11. The van der Waals surface area contributed by atoms with Gasteiger partial charge in [0.15, 0.2) is 10.8 Å². The third-order valence-corrected chi connectivity index (χ3v) is 4.89. The van der Waals surface area contributed by atoms with E-state index >= 15 is 0 Å². The first-order valence-electron chi connectivity index (χ1n) is 8.19. The van der Waals surface area contributed by atoms with Crippen molar-refractivity contribution in [3.8, 4) is 0 Å². The predicted molar refractivity (Wildman–Crippen MR) is 107 cm³/mol. The number of aromatic nitrogens is 3. The van der Waals surface area contributed by atoms with E-state index in [2.05, 4.69) is 25.6 Å². The summed E-state index contributed by atoms with van der Waals surface area (Å²) >= 11 is 7.11. The van der Waals surface area contributed by atoms with E-state index in [1.165, 1.54) is 18.0 Å². The number of thioether (sulfide) groups is 1. The van der Waals surface area contributed by atoms with E-state index in [-0.39, 0.29) is 24.1 Å². The Morgan fingerprint density at radius 1 is 1.22 bits per heavy atom. The third-order valence-electron chi connectivity index (χ3n) is 3.81.